The number of urea groups is 1. The van der Waals surface area contributed by atoms with E-state index >= 15 is 0 Å². The average Bonchev–Trinajstić information content (AvgIpc) is 3.07. The second-order valence-corrected chi connectivity index (χ2v) is 10.3. The van der Waals surface area contributed by atoms with Gasteiger partial charge in [0.25, 0.3) is 0 Å². The summed E-state index contributed by atoms with van der Waals surface area (Å²) in [5, 5.41) is 10.1. The lowest BCUT2D eigenvalue weighted by molar-refractivity contribution is -0.192. The third-order valence-electron chi connectivity index (χ3n) is 7.11. The minimum absolute atomic E-state index is 0.0185. The van der Waals surface area contributed by atoms with E-state index in [2.05, 4.69) is 17.3 Å². The zero-order valence-electron chi connectivity index (χ0n) is 22.5. The lowest BCUT2D eigenvalue weighted by Crippen LogP contribution is -2.52. The van der Waals surface area contributed by atoms with E-state index in [9.17, 15) is 26.7 Å². The van der Waals surface area contributed by atoms with Gasteiger partial charge in [0, 0.05) is 36.3 Å². The van der Waals surface area contributed by atoms with Crippen molar-refractivity contribution in [1.82, 2.24) is 15.1 Å². The van der Waals surface area contributed by atoms with Crippen LogP contribution in [-0.2, 0) is 17.9 Å². The topological polar surface area (TPSA) is 82.1 Å². The van der Waals surface area contributed by atoms with Gasteiger partial charge >= 0.3 is 18.2 Å². The maximum absolute atomic E-state index is 14.4. The smallest absolute Gasteiger partial charge is 0.490 e. The highest BCUT2D eigenvalue weighted by Crippen LogP contribution is 2.37. The molecule has 2 aliphatic heterocycles. The van der Waals surface area contributed by atoms with E-state index in [0.717, 1.165) is 43.1 Å². The van der Waals surface area contributed by atoms with Gasteiger partial charge in [-0.3, -0.25) is 0 Å². The number of ether oxygens (including phenoxy) is 1. The minimum Gasteiger partial charge on any atom is -0.491 e. The normalized spacial score (nSPS) is 20.5. The number of piperidine rings is 1. The number of alkyl halides is 3. The molecule has 2 aromatic rings. The van der Waals surface area contributed by atoms with Gasteiger partial charge in [0.15, 0.2) is 0 Å². The molecule has 0 aliphatic carbocycles. The molecule has 0 aromatic heterocycles. The molecule has 2 saturated heterocycles. The summed E-state index contributed by atoms with van der Waals surface area (Å²) in [5.74, 6) is -3.21. The van der Waals surface area contributed by atoms with Crippen molar-refractivity contribution >= 4 is 12.0 Å². The third kappa shape index (κ3) is 8.54. The first-order valence-corrected chi connectivity index (χ1v) is 13.0. The Morgan fingerprint density at radius 2 is 1.65 bits per heavy atom. The van der Waals surface area contributed by atoms with Gasteiger partial charge in [0.1, 0.15) is 17.4 Å². The van der Waals surface area contributed by atoms with Crippen LogP contribution in [0.5, 0.6) is 5.75 Å². The fourth-order valence-corrected chi connectivity index (χ4v) is 5.07. The van der Waals surface area contributed by atoms with E-state index in [4.69, 9.17) is 14.6 Å². The molecule has 0 saturated carbocycles. The Morgan fingerprint density at radius 1 is 1.07 bits per heavy atom. The highest BCUT2D eigenvalue weighted by Gasteiger charge is 2.41. The van der Waals surface area contributed by atoms with Gasteiger partial charge in [-0.1, -0.05) is 18.2 Å². The van der Waals surface area contributed by atoms with E-state index in [1.165, 1.54) is 12.1 Å². The molecule has 4 rings (SSSR count). The molecule has 2 amide bonds. The number of carboxylic acid groups (broad SMARTS) is 1. The molecule has 1 unspecified atom stereocenters. The number of aliphatic carboxylic acids is 1. The first kappa shape index (κ1) is 31.1. The van der Waals surface area contributed by atoms with Crippen molar-refractivity contribution in [1.29, 1.82) is 0 Å². The molecule has 40 heavy (non-hydrogen) atoms. The van der Waals surface area contributed by atoms with Crippen molar-refractivity contribution in [3.63, 3.8) is 0 Å². The van der Waals surface area contributed by atoms with Crippen molar-refractivity contribution in [3.05, 3.63) is 65.2 Å². The highest BCUT2D eigenvalue weighted by atomic mass is 19.4. The highest BCUT2D eigenvalue weighted by molar-refractivity contribution is 5.74. The fourth-order valence-electron chi connectivity index (χ4n) is 5.07. The Hall–Kier alpha value is -3.41. The summed E-state index contributed by atoms with van der Waals surface area (Å²) in [5.41, 5.74) is 1.28. The van der Waals surface area contributed by atoms with Gasteiger partial charge in [-0.05, 0) is 70.3 Å². The van der Waals surface area contributed by atoms with Crippen molar-refractivity contribution in [3.8, 4) is 5.75 Å². The number of hydrogen-bond acceptors (Lipinski definition) is 4. The predicted molar refractivity (Wildman–Crippen MR) is 138 cm³/mol. The molecule has 220 valence electrons. The van der Waals surface area contributed by atoms with Crippen LogP contribution < -0.4 is 10.1 Å². The fraction of sp³-hybridized carbons (Fsp3) is 0.500. The number of halogens is 5. The van der Waals surface area contributed by atoms with Crippen molar-refractivity contribution in [2.75, 3.05) is 7.05 Å². The lowest BCUT2D eigenvalue weighted by atomic mass is 9.96. The Kier molecular flexibility index (Phi) is 10.3. The summed E-state index contributed by atoms with van der Waals surface area (Å²) in [6.45, 7) is 4.43. The summed E-state index contributed by atoms with van der Waals surface area (Å²) < 4.78 is 65.2. The van der Waals surface area contributed by atoms with Gasteiger partial charge in [0.05, 0.1) is 12.6 Å². The molecule has 7 nitrogen and oxygen atoms in total. The molecular weight excluding hydrogens is 537 g/mol. The molecule has 2 aliphatic rings. The first-order chi connectivity index (χ1) is 18.7. The van der Waals surface area contributed by atoms with Gasteiger partial charge in [-0.15, -0.1) is 0 Å². The SMILES string of the molecule is CC(C)Oc1ccc(CNC(=O)N(Cc2ccc(F)cc2F)C2C[C@H]3CC[C@@H](C2)N3C)cc1.O=C(O)C(F)(F)F. The van der Waals surface area contributed by atoms with Gasteiger partial charge in [-0.2, -0.15) is 13.2 Å². The molecule has 2 aromatic carbocycles. The zero-order valence-corrected chi connectivity index (χ0v) is 22.5. The van der Waals surface area contributed by atoms with Crippen LogP contribution in [0.4, 0.5) is 26.7 Å². The number of nitrogens with one attached hydrogen (secondary N) is 1. The predicted octanol–water partition coefficient (Wildman–Crippen LogP) is 5.72. The Bertz CT molecular complexity index is 1150. The summed E-state index contributed by atoms with van der Waals surface area (Å²) >= 11 is 0. The first-order valence-electron chi connectivity index (χ1n) is 13.0. The van der Waals surface area contributed by atoms with Crippen LogP contribution in [0.2, 0.25) is 0 Å². The number of carbonyl (C=O) groups is 2. The van der Waals surface area contributed by atoms with Gasteiger partial charge < -0.3 is 25.0 Å². The number of benzene rings is 2. The van der Waals surface area contributed by atoms with Crippen LogP contribution in [0.15, 0.2) is 42.5 Å². The van der Waals surface area contributed by atoms with Crippen LogP contribution in [0.3, 0.4) is 0 Å². The number of fused-ring (bicyclic) bond motifs is 2. The third-order valence-corrected chi connectivity index (χ3v) is 7.11. The Balaban J connectivity index is 0.000000559. The van der Waals surface area contributed by atoms with Crippen molar-refractivity contribution in [2.24, 2.45) is 0 Å². The van der Waals surface area contributed by atoms with Gasteiger partial charge in [-0.25, -0.2) is 18.4 Å². The van der Waals surface area contributed by atoms with Crippen molar-refractivity contribution in [2.45, 2.75) is 83.0 Å². The molecule has 2 fully saturated rings. The van der Waals surface area contributed by atoms with Crippen LogP contribution >= 0.6 is 0 Å². The number of nitrogens with zero attached hydrogens (tertiary/aromatic N) is 2. The number of rotatable bonds is 7. The number of hydrogen-bond donors (Lipinski definition) is 2. The summed E-state index contributed by atoms with van der Waals surface area (Å²) in [6, 6.07) is 11.9. The zero-order chi connectivity index (χ0) is 29.6. The van der Waals surface area contributed by atoms with Crippen LogP contribution in [0.25, 0.3) is 0 Å². The number of carbonyl (C=O) groups excluding carboxylic acids is 1. The largest absolute Gasteiger partial charge is 0.491 e. The van der Waals surface area contributed by atoms with Crippen LogP contribution in [0, 0.1) is 11.6 Å². The molecule has 2 bridgehead atoms. The quantitative estimate of drug-likeness (QED) is 0.416. The molecule has 2 N–H and O–H groups in total. The van der Waals surface area contributed by atoms with E-state index < -0.39 is 23.8 Å². The van der Waals surface area contributed by atoms with E-state index in [1.54, 1.807) is 4.90 Å². The van der Waals surface area contributed by atoms with E-state index in [0.29, 0.717) is 24.2 Å². The monoisotopic (exact) mass is 571 g/mol. The van der Waals surface area contributed by atoms with Crippen LogP contribution in [0.1, 0.15) is 50.7 Å². The maximum atomic E-state index is 14.4. The Morgan fingerprint density at radius 3 is 2.15 bits per heavy atom. The molecule has 12 heteroatoms. The standard InChI is InChI=1S/C26H33F2N3O2.C2HF3O2/c1-17(2)33-24-10-4-18(5-11-24)15-29-26(32)31(16-19-6-7-20(27)12-25(19)28)23-13-21-8-9-22(14-23)30(21)3;3-2(4,5)1(6)7/h4-7,10-12,17,21-23H,8-9,13-16H2,1-3H3,(H,29,32);(H,6,7)/t21-,22+,23?;. The summed E-state index contributed by atoms with van der Waals surface area (Å²) in [7, 11) is 2.15. The van der Waals surface area contributed by atoms with E-state index in [-0.39, 0.29) is 24.7 Å². The molecule has 3 atom stereocenters. The molecule has 2 heterocycles. The van der Waals surface area contributed by atoms with Crippen molar-refractivity contribution < 1.29 is 41.4 Å². The number of carboxylic acids is 1. The second-order valence-electron chi connectivity index (χ2n) is 10.3. The summed E-state index contributed by atoms with van der Waals surface area (Å²) in [6.07, 6.45) is -0.999. The van der Waals surface area contributed by atoms with Crippen LogP contribution in [-0.4, -0.2) is 64.4 Å². The average molecular weight is 572 g/mol. The van der Waals surface area contributed by atoms with Gasteiger partial charge in [0.2, 0.25) is 0 Å². The Labute approximate surface area is 229 Å². The van der Waals surface area contributed by atoms with E-state index in [1.807, 2.05) is 38.1 Å². The molecule has 0 radical (unpaired) electrons. The number of amides is 2. The maximum Gasteiger partial charge on any atom is 0.490 e. The second kappa shape index (κ2) is 13.3. The summed E-state index contributed by atoms with van der Waals surface area (Å²) in [4.78, 5) is 26.4. The lowest BCUT2D eigenvalue weighted by Gasteiger charge is -2.41. The minimum atomic E-state index is -5.08. The molecular formula is C28H34F5N3O4. The molecule has 0 spiro atoms.